The van der Waals surface area contributed by atoms with Crippen LogP contribution in [0.1, 0.15) is 120 Å². The molecule has 0 aliphatic heterocycles. The van der Waals surface area contributed by atoms with Gasteiger partial charge in [-0.1, -0.05) is 267 Å². The van der Waals surface area contributed by atoms with Crippen molar-refractivity contribution < 1.29 is 64.7 Å². The maximum atomic E-state index is 6.31. The first-order chi connectivity index (χ1) is 68.8. The van der Waals surface area contributed by atoms with Crippen LogP contribution in [-0.4, -0.2) is 91.1 Å². The third-order valence-corrected chi connectivity index (χ3v) is 26.2. The molecule has 143 heavy (non-hydrogen) atoms. The molecule has 0 N–H and O–H groups in total. The molecule has 26 rings (SSSR count). The number of nitrogens with zero attached hydrogens (tertiary/aromatic N) is 18. The molecule has 0 amide bonds. The number of rotatable bonds is 12. The molecule has 15 aromatic carbocycles. The maximum absolute atomic E-state index is 6.31. The Bertz CT molecular complexity index is 8340. The SMILES string of the molecule is CC(C)c1cc[c-]c(-c2cc(C(C)C)ccn2)c1.CC(C)c1ccnc(-c2[c-]ccc3c2oc2ccc(C4CCCCC4)cc23)c1.[Ir].[Ir].[Ir].[c-]1c(-c2nnc(-c3ccc4cnccc4c3)nn2)ccc2cnccc12.[c-]1c(-c2nnc(-c3ccc4cnccc4c3)nn2)ccc2cnccc12.[c-]1cc2c(ccc3c4ccccc4ccc23)cc1-c1nnc(-c2ccc3c(ccc4c5ccccc5ccc34)c2)nn1. The molecule has 0 bridgehead atoms. The fourth-order valence-electron chi connectivity index (χ4n) is 18.5. The second kappa shape index (κ2) is 43.2. The van der Waals surface area contributed by atoms with Crippen molar-refractivity contribution in [3.05, 3.63) is 400 Å². The van der Waals surface area contributed by atoms with Crippen LogP contribution in [-0.2, 0) is 60.3 Å². The predicted molar refractivity (Wildman–Crippen MR) is 561 cm³/mol. The fourth-order valence-corrected chi connectivity index (χ4v) is 18.5. The quantitative estimate of drug-likeness (QED) is 0.0815. The average molecular weight is 2390 g/mol. The van der Waals surface area contributed by atoms with E-state index in [1.807, 2.05) is 134 Å². The van der Waals surface area contributed by atoms with Gasteiger partial charge >= 0.3 is 0 Å². The van der Waals surface area contributed by atoms with Gasteiger partial charge in [-0.2, -0.15) is 30.6 Å². The molecule has 0 spiro atoms. The number of benzene rings is 15. The molecule has 3 radical (unpaired) electrons. The topological polar surface area (TPSA) is 245 Å². The summed E-state index contributed by atoms with van der Waals surface area (Å²) in [4.78, 5) is 25.5. The zero-order valence-electron chi connectivity index (χ0n) is 78.7. The summed E-state index contributed by atoms with van der Waals surface area (Å²) in [7, 11) is 0. The van der Waals surface area contributed by atoms with Gasteiger partial charge in [-0.25, -0.2) is 0 Å². The summed E-state index contributed by atoms with van der Waals surface area (Å²) in [5, 5.41) is 76.8. The molecule has 0 saturated heterocycles. The Labute approximate surface area is 866 Å². The van der Waals surface area contributed by atoms with Gasteiger partial charge in [0.25, 0.3) is 0 Å². The molecule has 25 aromatic rings. The Morgan fingerprint density at radius 1 is 0.280 bits per heavy atom. The zero-order chi connectivity index (χ0) is 94.5. The number of hydrogen-bond donors (Lipinski definition) is 0. The van der Waals surface area contributed by atoms with Crippen LogP contribution in [0, 0.1) is 30.3 Å². The Balaban J connectivity index is 0.000000116. The second-order valence-corrected chi connectivity index (χ2v) is 36.1. The van der Waals surface area contributed by atoms with Crippen LogP contribution in [0.15, 0.2) is 352 Å². The predicted octanol–water partition coefficient (Wildman–Crippen LogP) is 28.7. The van der Waals surface area contributed by atoms with Crippen molar-refractivity contribution >= 4 is 130 Å². The van der Waals surface area contributed by atoms with E-state index in [1.54, 1.807) is 37.2 Å². The first-order valence-electron chi connectivity index (χ1n) is 47.2. The van der Waals surface area contributed by atoms with Crippen molar-refractivity contribution in [2.75, 3.05) is 0 Å². The van der Waals surface area contributed by atoms with E-state index in [0.29, 0.717) is 58.6 Å². The molecule has 1 fully saturated rings. The zero-order valence-corrected chi connectivity index (χ0v) is 85.9. The molecule has 19 nitrogen and oxygen atoms in total. The average Bonchev–Trinajstić information content (AvgIpc) is 0.995. The van der Waals surface area contributed by atoms with Crippen molar-refractivity contribution in [2.45, 2.75) is 97.3 Å². The molecule has 0 unspecified atom stereocenters. The molecule has 10 heterocycles. The largest absolute Gasteiger partial charge is 0.501 e. The molecule has 1 aliphatic carbocycles. The third-order valence-electron chi connectivity index (χ3n) is 26.2. The van der Waals surface area contributed by atoms with Gasteiger partial charge in [0.05, 0.1) is 5.58 Å². The van der Waals surface area contributed by atoms with Crippen molar-refractivity contribution in [1.29, 1.82) is 0 Å². The first-order valence-corrected chi connectivity index (χ1v) is 47.2. The molecular weight excluding hydrogens is 2300 g/mol. The van der Waals surface area contributed by atoms with Gasteiger partial charge in [0, 0.05) is 130 Å². The molecular formula is C121H89Ir3N18O-5. The Morgan fingerprint density at radius 2 is 0.706 bits per heavy atom. The van der Waals surface area contributed by atoms with Gasteiger partial charge in [0.1, 0.15) is 23.1 Å². The van der Waals surface area contributed by atoms with E-state index >= 15 is 0 Å². The minimum atomic E-state index is 0. The Morgan fingerprint density at radius 3 is 1.25 bits per heavy atom. The smallest absolute Gasteiger partial charge is 0.202 e. The number of fused-ring (bicyclic) bond motifs is 17. The van der Waals surface area contributed by atoms with Crippen LogP contribution >= 0.6 is 0 Å². The Kier molecular flexibility index (Phi) is 29.1. The summed E-state index contributed by atoms with van der Waals surface area (Å²) >= 11 is 0. The van der Waals surface area contributed by atoms with E-state index in [-0.39, 0.29) is 60.3 Å². The van der Waals surface area contributed by atoms with Crippen LogP contribution in [0.4, 0.5) is 0 Å². The minimum absolute atomic E-state index is 0. The monoisotopic (exact) mass is 2390 g/mol. The van der Waals surface area contributed by atoms with Crippen LogP contribution < -0.4 is 0 Å². The van der Waals surface area contributed by atoms with Crippen LogP contribution in [0.3, 0.4) is 0 Å². The van der Waals surface area contributed by atoms with Gasteiger partial charge in [-0.15, -0.1) is 173 Å². The number of furan rings is 1. The van der Waals surface area contributed by atoms with E-state index < -0.39 is 0 Å². The van der Waals surface area contributed by atoms with Gasteiger partial charge in [-0.05, 0) is 192 Å². The van der Waals surface area contributed by atoms with Crippen molar-refractivity contribution in [3.8, 4) is 90.8 Å². The Hall–Kier alpha value is -15.6. The van der Waals surface area contributed by atoms with E-state index in [9.17, 15) is 0 Å². The van der Waals surface area contributed by atoms with Crippen molar-refractivity contribution in [2.24, 2.45) is 0 Å². The molecule has 10 aromatic heterocycles. The van der Waals surface area contributed by atoms with E-state index in [1.165, 1.54) is 108 Å². The second-order valence-electron chi connectivity index (χ2n) is 36.1. The standard InChI is InChI=1S/C38H21N4.C26H26NO.2C20H11N6.C17H20N.3Ir/c1-3-7-29-23(5-1)9-17-35-31-15-13-27(21-25(31)11-19-33(29)35)37-39-41-38(42-40-37)28-14-16-32-26(22-28)12-20-34-30-8-4-2-6-24(30)10-18-36(32)34;1-17(2)19-13-14-27-24(16-19)22-10-6-9-21-23-15-20(18-7-4-3-5-8-18)11-12-25(23)28-26(21)22;2*1-3-17-11-21-7-5-13(17)9-15(1)19-23-25-20(26-24-19)16-2-4-18-12-22-8-6-14(18)10-16;1-12(2)14-6-5-7-16(10-14)17-11-15(13(3)4)8-9-18-17;;;/h1-13,15-22H;6,9,11-18H,3-5,7-8H2,1-2H3;2*1-9,11-12H;5-6,8-13H,1-4H3;;;/q5*-1;;;. The van der Waals surface area contributed by atoms with Gasteiger partial charge in [0.15, 0.2) is 0 Å². The first kappa shape index (κ1) is 96.2. The number of aromatic nitrogens is 18. The van der Waals surface area contributed by atoms with Crippen LogP contribution in [0.5, 0.6) is 0 Å². The van der Waals surface area contributed by atoms with Gasteiger partial charge in [-0.3, -0.25) is 19.9 Å². The van der Waals surface area contributed by atoms with Crippen LogP contribution in [0.2, 0.25) is 0 Å². The summed E-state index contributed by atoms with van der Waals surface area (Å²) in [6.07, 6.45) is 24.7. The van der Waals surface area contributed by atoms with Crippen LogP contribution in [0.25, 0.3) is 221 Å². The van der Waals surface area contributed by atoms with Crippen molar-refractivity contribution in [1.82, 2.24) is 91.1 Å². The summed E-state index contributed by atoms with van der Waals surface area (Å²) in [5.74, 6) is 5.03. The molecule has 1 aliphatic rings. The number of hydrogen-bond acceptors (Lipinski definition) is 19. The molecule has 0 atom stereocenters. The van der Waals surface area contributed by atoms with Gasteiger partial charge < -0.3 is 14.4 Å². The maximum Gasteiger partial charge on any atom is 0.202 e. The van der Waals surface area contributed by atoms with Gasteiger partial charge in [0.2, 0.25) is 17.5 Å². The van der Waals surface area contributed by atoms with E-state index in [2.05, 4.69) is 339 Å². The summed E-state index contributed by atoms with van der Waals surface area (Å²) < 4.78 is 6.31. The molecule has 701 valence electrons. The fraction of sp³-hybridized carbons (Fsp3) is 0.124. The summed E-state index contributed by atoms with van der Waals surface area (Å²) in [5.41, 5.74) is 16.1. The summed E-state index contributed by atoms with van der Waals surface area (Å²) in [6.45, 7) is 13.2. The minimum Gasteiger partial charge on any atom is -0.501 e. The molecule has 22 heteroatoms. The summed E-state index contributed by atoms with van der Waals surface area (Å²) in [6, 6.07) is 114. The van der Waals surface area contributed by atoms with E-state index in [4.69, 9.17) is 4.42 Å². The van der Waals surface area contributed by atoms with Crippen molar-refractivity contribution in [3.63, 3.8) is 0 Å². The number of pyridine rings is 6. The normalized spacial score (nSPS) is 12.0. The third kappa shape index (κ3) is 20.7. The van der Waals surface area contributed by atoms with E-state index in [0.717, 1.165) is 132 Å². The molecule has 1 saturated carbocycles.